The molecule has 0 saturated heterocycles. The average molecular weight is 329 g/mol. The smallest absolute Gasteiger partial charge is 0.231 e. The number of nitrogens with one attached hydrogen (secondary N) is 1. The van der Waals surface area contributed by atoms with E-state index in [4.69, 9.17) is 9.47 Å². The largest absolute Gasteiger partial charge is 0.454 e. The quantitative estimate of drug-likeness (QED) is 0.929. The first kappa shape index (κ1) is 15.4. The SMILES string of the molecule is CC(C)NC1(c2nnnn2-c2ccc3c(c2)OCO3)CCCCC1. The van der Waals surface area contributed by atoms with Crippen molar-refractivity contribution in [3.05, 3.63) is 24.0 Å². The number of hydrogen-bond donors (Lipinski definition) is 1. The Hall–Kier alpha value is -2.15. The third kappa shape index (κ3) is 2.62. The van der Waals surface area contributed by atoms with Crippen molar-refractivity contribution in [3.63, 3.8) is 0 Å². The van der Waals surface area contributed by atoms with E-state index in [0.29, 0.717) is 6.04 Å². The van der Waals surface area contributed by atoms with E-state index in [9.17, 15) is 0 Å². The zero-order valence-electron chi connectivity index (χ0n) is 14.2. The Bertz CT molecular complexity index is 722. The maximum atomic E-state index is 5.49. The van der Waals surface area contributed by atoms with E-state index in [1.165, 1.54) is 19.3 Å². The first-order valence-corrected chi connectivity index (χ1v) is 8.64. The molecule has 1 N–H and O–H groups in total. The van der Waals surface area contributed by atoms with Gasteiger partial charge in [-0.25, -0.2) is 0 Å². The molecule has 1 aromatic carbocycles. The standard InChI is InChI=1S/C17H23N5O2/c1-12(2)18-17(8-4-3-5-9-17)16-19-20-21-22(16)13-6-7-14-15(10-13)24-11-23-14/h6-7,10,12,18H,3-5,8-9,11H2,1-2H3. The zero-order chi connectivity index (χ0) is 16.6. The molecule has 2 heterocycles. The number of rotatable bonds is 4. The van der Waals surface area contributed by atoms with Crippen LogP contribution in [0.25, 0.3) is 5.69 Å². The fraction of sp³-hybridized carbons (Fsp3) is 0.588. The van der Waals surface area contributed by atoms with Crippen molar-refractivity contribution >= 4 is 0 Å². The van der Waals surface area contributed by atoms with Crippen LogP contribution >= 0.6 is 0 Å². The van der Waals surface area contributed by atoms with E-state index >= 15 is 0 Å². The Labute approximate surface area is 141 Å². The number of tetrazole rings is 1. The highest BCUT2D eigenvalue weighted by molar-refractivity contribution is 5.50. The van der Waals surface area contributed by atoms with Crippen molar-refractivity contribution in [2.45, 2.75) is 57.5 Å². The van der Waals surface area contributed by atoms with Gasteiger partial charge in [-0.3, -0.25) is 0 Å². The Morgan fingerprint density at radius 2 is 1.92 bits per heavy atom. The predicted molar refractivity (Wildman–Crippen MR) is 88.3 cm³/mol. The molecular formula is C17H23N5O2. The molecule has 1 saturated carbocycles. The molecule has 7 nitrogen and oxygen atoms in total. The van der Waals surface area contributed by atoms with Crippen molar-refractivity contribution in [2.75, 3.05) is 6.79 Å². The number of benzene rings is 1. The molecule has 0 unspecified atom stereocenters. The van der Waals surface area contributed by atoms with E-state index in [0.717, 1.165) is 35.9 Å². The van der Waals surface area contributed by atoms with E-state index in [1.807, 2.05) is 22.9 Å². The van der Waals surface area contributed by atoms with Gasteiger partial charge in [0.15, 0.2) is 17.3 Å². The number of hydrogen-bond acceptors (Lipinski definition) is 6. The van der Waals surface area contributed by atoms with Crippen LogP contribution in [0.1, 0.15) is 51.8 Å². The molecule has 2 aliphatic rings. The summed E-state index contributed by atoms with van der Waals surface area (Å²) >= 11 is 0. The molecule has 0 bridgehead atoms. The molecule has 0 atom stereocenters. The minimum absolute atomic E-state index is 0.174. The first-order chi connectivity index (χ1) is 11.7. The van der Waals surface area contributed by atoms with E-state index in [1.54, 1.807) is 0 Å². The number of fused-ring (bicyclic) bond motifs is 1. The summed E-state index contributed by atoms with van der Waals surface area (Å²) in [6.45, 7) is 4.61. The first-order valence-electron chi connectivity index (χ1n) is 8.64. The van der Waals surface area contributed by atoms with Gasteiger partial charge in [-0.15, -0.1) is 5.10 Å². The summed E-state index contributed by atoms with van der Waals surface area (Å²) < 4.78 is 12.7. The summed E-state index contributed by atoms with van der Waals surface area (Å²) in [6.07, 6.45) is 5.75. The molecule has 2 aromatic rings. The minimum atomic E-state index is -0.174. The molecule has 0 radical (unpaired) electrons. The van der Waals surface area contributed by atoms with Crippen LogP contribution in [0.4, 0.5) is 0 Å². The third-order valence-corrected chi connectivity index (χ3v) is 4.77. The molecule has 7 heteroatoms. The lowest BCUT2D eigenvalue weighted by atomic mass is 9.80. The second-order valence-corrected chi connectivity index (χ2v) is 6.89. The van der Waals surface area contributed by atoms with Gasteiger partial charge in [-0.1, -0.05) is 19.3 Å². The van der Waals surface area contributed by atoms with Gasteiger partial charge in [0.05, 0.1) is 11.2 Å². The number of nitrogens with zero attached hydrogens (tertiary/aromatic N) is 4. The van der Waals surface area contributed by atoms with Crippen LogP contribution in [-0.2, 0) is 5.54 Å². The highest BCUT2D eigenvalue weighted by Gasteiger charge is 2.39. The third-order valence-electron chi connectivity index (χ3n) is 4.77. The topological polar surface area (TPSA) is 74.1 Å². The van der Waals surface area contributed by atoms with Crippen molar-refractivity contribution < 1.29 is 9.47 Å². The normalized spacial score (nSPS) is 19.0. The van der Waals surface area contributed by atoms with Gasteiger partial charge in [0.2, 0.25) is 6.79 Å². The second-order valence-electron chi connectivity index (χ2n) is 6.89. The second kappa shape index (κ2) is 6.05. The summed E-state index contributed by atoms with van der Waals surface area (Å²) in [5, 5.41) is 16.4. The Balaban J connectivity index is 1.75. The Kier molecular flexibility index (Phi) is 3.88. The number of ether oxygens (including phenoxy) is 2. The van der Waals surface area contributed by atoms with Crippen LogP contribution in [0.15, 0.2) is 18.2 Å². The van der Waals surface area contributed by atoms with Gasteiger partial charge < -0.3 is 14.8 Å². The molecule has 0 spiro atoms. The van der Waals surface area contributed by atoms with Gasteiger partial charge in [0.25, 0.3) is 0 Å². The average Bonchev–Trinajstić information content (AvgIpc) is 3.23. The van der Waals surface area contributed by atoms with Crippen LogP contribution in [0.5, 0.6) is 11.5 Å². The Morgan fingerprint density at radius 1 is 1.12 bits per heavy atom. The molecule has 1 aromatic heterocycles. The van der Waals surface area contributed by atoms with Gasteiger partial charge in [-0.05, 0) is 49.2 Å². The summed E-state index contributed by atoms with van der Waals surface area (Å²) in [6, 6.07) is 6.19. The van der Waals surface area contributed by atoms with Crippen molar-refractivity contribution in [1.29, 1.82) is 0 Å². The van der Waals surface area contributed by atoms with Crippen molar-refractivity contribution in [3.8, 4) is 17.2 Å². The molecule has 128 valence electrons. The minimum Gasteiger partial charge on any atom is -0.454 e. The highest BCUT2D eigenvalue weighted by atomic mass is 16.7. The summed E-state index contributed by atoms with van der Waals surface area (Å²) in [5.41, 5.74) is 0.724. The van der Waals surface area contributed by atoms with Crippen molar-refractivity contribution in [1.82, 2.24) is 25.5 Å². The van der Waals surface area contributed by atoms with Crippen LogP contribution < -0.4 is 14.8 Å². The fourth-order valence-electron chi connectivity index (χ4n) is 3.82. The van der Waals surface area contributed by atoms with Crippen molar-refractivity contribution in [2.24, 2.45) is 0 Å². The van der Waals surface area contributed by atoms with Gasteiger partial charge in [-0.2, -0.15) is 4.68 Å². The number of aromatic nitrogens is 4. The maximum Gasteiger partial charge on any atom is 0.231 e. The van der Waals surface area contributed by atoms with Gasteiger partial charge in [0.1, 0.15) is 0 Å². The lowest BCUT2D eigenvalue weighted by Gasteiger charge is -2.38. The van der Waals surface area contributed by atoms with E-state index in [-0.39, 0.29) is 12.3 Å². The Morgan fingerprint density at radius 3 is 2.71 bits per heavy atom. The summed E-state index contributed by atoms with van der Waals surface area (Å²) in [5.74, 6) is 2.39. The van der Waals surface area contributed by atoms with Gasteiger partial charge >= 0.3 is 0 Å². The van der Waals surface area contributed by atoms with Crippen LogP contribution in [0, 0.1) is 0 Å². The molecule has 24 heavy (non-hydrogen) atoms. The van der Waals surface area contributed by atoms with Crippen LogP contribution in [0.3, 0.4) is 0 Å². The predicted octanol–water partition coefficient (Wildman–Crippen LogP) is 2.55. The summed E-state index contributed by atoms with van der Waals surface area (Å²) in [4.78, 5) is 0. The molecular weight excluding hydrogens is 306 g/mol. The lowest BCUT2D eigenvalue weighted by Crippen LogP contribution is -2.49. The van der Waals surface area contributed by atoms with Crippen LogP contribution in [0.2, 0.25) is 0 Å². The highest BCUT2D eigenvalue weighted by Crippen LogP contribution is 2.38. The zero-order valence-corrected chi connectivity index (χ0v) is 14.2. The molecule has 0 amide bonds. The fourth-order valence-corrected chi connectivity index (χ4v) is 3.82. The van der Waals surface area contributed by atoms with E-state index < -0.39 is 0 Å². The lowest BCUT2D eigenvalue weighted by molar-refractivity contribution is 0.174. The maximum absolute atomic E-state index is 5.49. The van der Waals surface area contributed by atoms with E-state index in [2.05, 4.69) is 34.7 Å². The molecule has 1 aliphatic heterocycles. The van der Waals surface area contributed by atoms with Crippen LogP contribution in [-0.4, -0.2) is 33.0 Å². The molecule has 1 aliphatic carbocycles. The summed E-state index contributed by atoms with van der Waals surface area (Å²) in [7, 11) is 0. The molecule has 4 rings (SSSR count). The monoisotopic (exact) mass is 329 g/mol. The molecule has 1 fully saturated rings. The van der Waals surface area contributed by atoms with Gasteiger partial charge in [0, 0.05) is 12.1 Å².